The van der Waals surface area contributed by atoms with Crippen LogP contribution in [0.3, 0.4) is 0 Å². The van der Waals surface area contributed by atoms with Crippen LogP contribution in [0.25, 0.3) is 0 Å². The van der Waals surface area contributed by atoms with Crippen LogP contribution in [-0.2, 0) is 13.2 Å². The van der Waals surface area contributed by atoms with E-state index >= 15 is 0 Å². The maximum absolute atomic E-state index is 8.99. The van der Waals surface area contributed by atoms with Gasteiger partial charge in [-0.2, -0.15) is 0 Å². The van der Waals surface area contributed by atoms with E-state index in [2.05, 4.69) is 17.4 Å². The molecule has 3 heteroatoms. The first kappa shape index (κ1) is 14.4. The average molecular weight is 271 g/mol. The van der Waals surface area contributed by atoms with Gasteiger partial charge >= 0.3 is 0 Å². The highest BCUT2D eigenvalue weighted by Gasteiger charge is 1.99. The standard InChI is InChI=1S/C17H21NO2/c1-13(2)20-17-9-5-14(6-10-17)11-18-16-7-3-15(12-19)4-8-16/h3-10,13,18-19H,11-12H2,1-2H3. The fourth-order valence-corrected chi connectivity index (χ4v) is 1.89. The van der Waals surface area contributed by atoms with Gasteiger partial charge in [-0.05, 0) is 49.2 Å². The molecule has 2 aromatic rings. The minimum Gasteiger partial charge on any atom is -0.491 e. The molecule has 0 spiro atoms. The van der Waals surface area contributed by atoms with E-state index in [9.17, 15) is 0 Å². The smallest absolute Gasteiger partial charge is 0.119 e. The molecule has 0 amide bonds. The molecule has 0 aliphatic rings. The van der Waals surface area contributed by atoms with E-state index in [1.807, 2.05) is 50.2 Å². The molecular weight excluding hydrogens is 250 g/mol. The number of nitrogens with one attached hydrogen (secondary N) is 1. The topological polar surface area (TPSA) is 41.5 Å². The fraction of sp³-hybridized carbons (Fsp3) is 0.294. The van der Waals surface area contributed by atoms with Crippen molar-refractivity contribution in [2.45, 2.75) is 33.1 Å². The number of aliphatic hydroxyl groups is 1. The number of anilines is 1. The van der Waals surface area contributed by atoms with Crippen LogP contribution < -0.4 is 10.1 Å². The first-order valence-corrected chi connectivity index (χ1v) is 6.86. The molecule has 0 atom stereocenters. The van der Waals surface area contributed by atoms with Crippen molar-refractivity contribution in [3.63, 3.8) is 0 Å². The molecule has 2 N–H and O–H groups in total. The van der Waals surface area contributed by atoms with E-state index in [-0.39, 0.29) is 12.7 Å². The SMILES string of the molecule is CC(C)Oc1ccc(CNc2ccc(CO)cc2)cc1. The van der Waals surface area contributed by atoms with Crippen molar-refractivity contribution in [2.24, 2.45) is 0 Å². The van der Waals surface area contributed by atoms with Crippen molar-refractivity contribution in [3.05, 3.63) is 59.7 Å². The Hall–Kier alpha value is -2.00. The number of benzene rings is 2. The van der Waals surface area contributed by atoms with Gasteiger partial charge in [-0.1, -0.05) is 24.3 Å². The largest absolute Gasteiger partial charge is 0.491 e. The van der Waals surface area contributed by atoms with Crippen molar-refractivity contribution in [1.29, 1.82) is 0 Å². The highest BCUT2D eigenvalue weighted by Crippen LogP contribution is 2.15. The average Bonchev–Trinajstić information content (AvgIpc) is 2.46. The van der Waals surface area contributed by atoms with E-state index in [0.29, 0.717) is 0 Å². The van der Waals surface area contributed by atoms with Gasteiger partial charge in [0.25, 0.3) is 0 Å². The van der Waals surface area contributed by atoms with Gasteiger partial charge in [0.2, 0.25) is 0 Å². The second kappa shape index (κ2) is 6.96. The first-order valence-electron chi connectivity index (χ1n) is 6.86. The molecule has 106 valence electrons. The van der Waals surface area contributed by atoms with Gasteiger partial charge in [-0.25, -0.2) is 0 Å². The maximum Gasteiger partial charge on any atom is 0.119 e. The van der Waals surface area contributed by atoms with E-state index in [1.54, 1.807) is 0 Å². The highest BCUT2D eigenvalue weighted by atomic mass is 16.5. The van der Waals surface area contributed by atoms with Crippen LogP contribution in [0.5, 0.6) is 5.75 Å². The van der Waals surface area contributed by atoms with Crippen LogP contribution in [0.2, 0.25) is 0 Å². The van der Waals surface area contributed by atoms with Gasteiger partial charge in [0.15, 0.2) is 0 Å². The zero-order valence-corrected chi connectivity index (χ0v) is 12.0. The lowest BCUT2D eigenvalue weighted by Crippen LogP contribution is -2.05. The van der Waals surface area contributed by atoms with Crippen molar-refractivity contribution in [2.75, 3.05) is 5.32 Å². The Morgan fingerprint density at radius 3 is 2.10 bits per heavy atom. The molecule has 0 heterocycles. The van der Waals surface area contributed by atoms with Gasteiger partial charge in [0.05, 0.1) is 12.7 Å². The highest BCUT2D eigenvalue weighted by molar-refractivity contribution is 5.45. The second-order valence-corrected chi connectivity index (χ2v) is 5.02. The summed E-state index contributed by atoms with van der Waals surface area (Å²) in [4.78, 5) is 0. The van der Waals surface area contributed by atoms with Crippen molar-refractivity contribution < 1.29 is 9.84 Å². The van der Waals surface area contributed by atoms with Gasteiger partial charge in [0, 0.05) is 12.2 Å². The van der Waals surface area contributed by atoms with Crippen LogP contribution in [0.1, 0.15) is 25.0 Å². The number of rotatable bonds is 6. The summed E-state index contributed by atoms with van der Waals surface area (Å²) in [6.07, 6.45) is 0.198. The lowest BCUT2D eigenvalue weighted by atomic mass is 10.2. The molecule has 0 saturated heterocycles. The van der Waals surface area contributed by atoms with Crippen LogP contribution in [0.4, 0.5) is 5.69 Å². The molecule has 20 heavy (non-hydrogen) atoms. The van der Waals surface area contributed by atoms with Gasteiger partial charge < -0.3 is 15.2 Å². The van der Waals surface area contributed by atoms with Crippen LogP contribution in [0, 0.1) is 0 Å². The number of ether oxygens (including phenoxy) is 1. The zero-order chi connectivity index (χ0) is 14.4. The summed E-state index contributed by atoms with van der Waals surface area (Å²) >= 11 is 0. The predicted molar refractivity (Wildman–Crippen MR) is 81.9 cm³/mol. The van der Waals surface area contributed by atoms with E-state index < -0.39 is 0 Å². The Balaban J connectivity index is 1.89. The van der Waals surface area contributed by atoms with E-state index in [0.717, 1.165) is 23.5 Å². The Morgan fingerprint density at radius 1 is 0.950 bits per heavy atom. The molecule has 0 saturated carbocycles. The summed E-state index contributed by atoms with van der Waals surface area (Å²) < 4.78 is 5.61. The third-order valence-electron chi connectivity index (χ3n) is 2.93. The maximum atomic E-state index is 8.99. The molecule has 0 aliphatic heterocycles. The third-order valence-corrected chi connectivity index (χ3v) is 2.93. The Labute approximate surface area is 120 Å². The summed E-state index contributed by atoms with van der Waals surface area (Å²) in [6, 6.07) is 15.9. The monoisotopic (exact) mass is 271 g/mol. The lowest BCUT2D eigenvalue weighted by molar-refractivity contribution is 0.242. The predicted octanol–water partition coefficient (Wildman–Crippen LogP) is 3.58. The van der Waals surface area contributed by atoms with Crippen LogP contribution >= 0.6 is 0 Å². The number of hydrogen-bond donors (Lipinski definition) is 2. The molecular formula is C17H21NO2. The lowest BCUT2D eigenvalue weighted by Gasteiger charge is -2.11. The van der Waals surface area contributed by atoms with Gasteiger partial charge in [-0.15, -0.1) is 0 Å². The fourth-order valence-electron chi connectivity index (χ4n) is 1.89. The summed E-state index contributed by atoms with van der Waals surface area (Å²) in [7, 11) is 0. The summed E-state index contributed by atoms with van der Waals surface area (Å²) in [5, 5.41) is 12.3. The van der Waals surface area contributed by atoms with Crippen LogP contribution in [0.15, 0.2) is 48.5 Å². The molecule has 0 bridgehead atoms. The van der Waals surface area contributed by atoms with Crippen molar-refractivity contribution >= 4 is 5.69 Å². The minimum absolute atomic E-state index is 0.0809. The molecule has 0 radical (unpaired) electrons. The van der Waals surface area contributed by atoms with Gasteiger partial charge in [0.1, 0.15) is 5.75 Å². The molecule has 2 aromatic carbocycles. The Morgan fingerprint density at radius 2 is 1.55 bits per heavy atom. The van der Waals surface area contributed by atoms with E-state index in [1.165, 1.54) is 5.56 Å². The minimum atomic E-state index is 0.0809. The second-order valence-electron chi connectivity index (χ2n) is 5.02. The Kier molecular flexibility index (Phi) is 5.02. The van der Waals surface area contributed by atoms with E-state index in [4.69, 9.17) is 9.84 Å². The molecule has 0 aromatic heterocycles. The van der Waals surface area contributed by atoms with Crippen molar-refractivity contribution in [1.82, 2.24) is 0 Å². The normalized spacial score (nSPS) is 10.6. The molecule has 0 unspecified atom stereocenters. The molecule has 2 rings (SSSR count). The summed E-state index contributed by atoms with van der Waals surface area (Å²) in [6.45, 7) is 4.88. The van der Waals surface area contributed by atoms with Gasteiger partial charge in [-0.3, -0.25) is 0 Å². The molecule has 3 nitrogen and oxygen atoms in total. The Bertz CT molecular complexity index is 518. The quantitative estimate of drug-likeness (QED) is 0.843. The summed E-state index contributed by atoms with van der Waals surface area (Å²) in [5.74, 6) is 0.899. The first-order chi connectivity index (χ1) is 9.67. The molecule has 0 aliphatic carbocycles. The molecule has 0 fully saturated rings. The zero-order valence-electron chi connectivity index (χ0n) is 12.0. The summed E-state index contributed by atoms with van der Waals surface area (Å²) in [5.41, 5.74) is 3.17. The third kappa shape index (κ3) is 4.28. The van der Waals surface area contributed by atoms with Crippen molar-refractivity contribution in [3.8, 4) is 5.75 Å². The number of aliphatic hydroxyl groups excluding tert-OH is 1. The number of hydrogen-bond acceptors (Lipinski definition) is 3. The van der Waals surface area contributed by atoms with Crippen LogP contribution in [-0.4, -0.2) is 11.2 Å².